The second kappa shape index (κ2) is 9.25. The van der Waals surface area contributed by atoms with Gasteiger partial charge in [0, 0.05) is 38.9 Å². The van der Waals surface area contributed by atoms with Gasteiger partial charge in [-0.2, -0.15) is 0 Å². The molecule has 0 bridgehead atoms. The van der Waals surface area contributed by atoms with Crippen molar-refractivity contribution in [2.24, 2.45) is 4.99 Å². The first-order chi connectivity index (χ1) is 9.31. The summed E-state index contributed by atoms with van der Waals surface area (Å²) in [5, 5.41) is 6.50. The highest BCUT2D eigenvalue weighted by Gasteiger charge is 2.03. The van der Waals surface area contributed by atoms with Crippen molar-refractivity contribution in [2.45, 2.75) is 20.3 Å². The summed E-state index contributed by atoms with van der Waals surface area (Å²) < 4.78 is 0. The third-order valence-corrected chi connectivity index (χ3v) is 2.97. The van der Waals surface area contributed by atoms with Gasteiger partial charge in [-0.25, -0.2) is 0 Å². The smallest absolute Gasteiger partial charge is 0.190 e. The Morgan fingerprint density at radius 3 is 2.47 bits per heavy atom. The van der Waals surface area contributed by atoms with Gasteiger partial charge in [-0.05, 0) is 32.4 Å². The number of anilines is 1. The van der Waals surface area contributed by atoms with Crippen molar-refractivity contribution in [3.63, 3.8) is 0 Å². The summed E-state index contributed by atoms with van der Waals surface area (Å²) in [6.07, 6.45) is 1.09. The lowest BCUT2D eigenvalue weighted by Gasteiger charge is -2.23. The van der Waals surface area contributed by atoms with Gasteiger partial charge in [-0.15, -0.1) is 0 Å². The summed E-state index contributed by atoms with van der Waals surface area (Å²) in [6, 6.07) is 10.6. The van der Waals surface area contributed by atoms with Gasteiger partial charge in [-0.1, -0.05) is 18.2 Å². The Kier molecular flexibility index (Phi) is 7.47. The Morgan fingerprint density at radius 1 is 1.16 bits per heavy atom. The third-order valence-electron chi connectivity index (χ3n) is 2.97. The van der Waals surface area contributed by atoms with Crippen LogP contribution in [-0.2, 0) is 0 Å². The lowest BCUT2D eigenvalue weighted by molar-refractivity contribution is 0.711. The molecule has 0 saturated heterocycles. The van der Waals surface area contributed by atoms with Gasteiger partial charge in [-0.3, -0.25) is 4.99 Å². The van der Waals surface area contributed by atoms with Crippen LogP contribution in [0.1, 0.15) is 20.3 Å². The molecule has 0 aliphatic carbocycles. The number of nitrogens with zero attached hydrogens (tertiary/aromatic N) is 2. The van der Waals surface area contributed by atoms with Crippen molar-refractivity contribution in [1.82, 2.24) is 10.6 Å². The molecule has 106 valence electrons. The van der Waals surface area contributed by atoms with Crippen LogP contribution in [0.2, 0.25) is 0 Å². The monoisotopic (exact) mass is 262 g/mol. The van der Waals surface area contributed by atoms with Crippen LogP contribution in [0.25, 0.3) is 0 Å². The van der Waals surface area contributed by atoms with Crippen molar-refractivity contribution < 1.29 is 0 Å². The number of rotatable bonds is 7. The van der Waals surface area contributed by atoms with Crippen molar-refractivity contribution in [3.05, 3.63) is 30.3 Å². The molecule has 4 heteroatoms. The summed E-state index contributed by atoms with van der Waals surface area (Å²) in [4.78, 5) is 6.54. The lowest BCUT2D eigenvalue weighted by Crippen LogP contribution is -2.38. The summed E-state index contributed by atoms with van der Waals surface area (Å²) in [5.74, 6) is 0.880. The number of aliphatic imine (C=N–C) groups is 1. The van der Waals surface area contributed by atoms with Gasteiger partial charge in [0.05, 0.1) is 0 Å². The highest BCUT2D eigenvalue weighted by atomic mass is 15.2. The van der Waals surface area contributed by atoms with Gasteiger partial charge in [0.25, 0.3) is 0 Å². The van der Waals surface area contributed by atoms with Crippen LogP contribution in [0.15, 0.2) is 35.3 Å². The van der Waals surface area contributed by atoms with E-state index in [9.17, 15) is 0 Å². The molecule has 0 atom stereocenters. The quantitative estimate of drug-likeness (QED) is 0.449. The predicted molar refractivity (Wildman–Crippen MR) is 84.0 cm³/mol. The number of nitrogens with one attached hydrogen (secondary N) is 2. The molecular weight excluding hydrogens is 236 g/mol. The first-order valence-corrected chi connectivity index (χ1v) is 7.06. The van der Waals surface area contributed by atoms with E-state index in [0.29, 0.717) is 0 Å². The SMILES string of the molecule is CCNC(=NC)NCCCN(CC)c1ccccc1. The largest absolute Gasteiger partial charge is 0.372 e. The molecule has 0 unspecified atom stereocenters. The average Bonchev–Trinajstić information content (AvgIpc) is 2.47. The van der Waals surface area contributed by atoms with Crippen molar-refractivity contribution >= 4 is 11.6 Å². The molecule has 0 saturated carbocycles. The van der Waals surface area contributed by atoms with Crippen LogP contribution in [0.4, 0.5) is 5.69 Å². The van der Waals surface area contributed by atoms with E-state index in [0.717, 1.165) is 38.6 Å². The highest BCUT2D eigenvalue weighted by Crippen LogP contribution is 2.12. The summed E-state index contributed by atoms with van der Waals surface area (Å²) >= 11 is 0. The summed E-state index contributed by atoms with van der Waals surface area (Å²) in [5.41, 5.74) is 1.29. The van der Waals surface area contributed by atoms with Crippen molar-refractivity contribution in [3.8, 4) is 0 Å². The molecule has 1 rings (SSSR count). The van der Waals surface area contributed by atoms with Crippen LogP contribution in [0.3, 0.4) is 0 Å². The summed E-state index contributed by atoms with van der Waals surface area (Å²) in [6.45, 7) is 8.18. The van der Waals surface area contributed by atoms with E-state index < -0.39 is 0 Å². The van der Waals surface area contributed by atoms with Gasteiger partial charge in [0.2, 0.25) is 0 Å². The standard InChI is InChI=1S/C15H26N4/c1-4-17-15(16-3)18-12-9-13-19(5-2)14-10-7-6-8-11-14/h6-8,10-11H,4-5,9,12-13H2,1-3H3,(H2,16,17,18). The lowest BCUT2D eigenvalue weighted by atomic mass is 10.2. The molecule has 0 aliphatic rings. The maximum atomic E-state index is 4.15. The van der Waals surface area contributed by atoms with E-state index >= 15 is 0 Å². The fourth-order valence-electron chi connectivity index (χ4n) is 1.97. The molecule has 0 amide bonds. The number of para-hydroxylation sites is 1. The zero-order chi connectivity index (χ0) is 13.9. The minimum absolute atomic E-state index is 0.880. The minimum atomic E-state index is 0.880. The van der Waals surface area contributed by atoms with E-state index in [2.05, 4.69) is 64.7 Å². The second-order valence-electron chi connectivity index (χ2n) is 4.30. The maximum Gasteiger partial charge on any atom is 0.190 e. The zero-order valence-corrected chi connectivity index (χ0v) is 12.3. The molecule has 2 N–H and O–H groups in total. The number of hydrogen-bond acceptors (Lipinski definition) is 2. The van der Waals surface area contributed by atoms with Crippen LogP contribution in [0, 0.1) is 0 Å². The van der Waals surface area contributed by atoms with E-state index in [-0.39, 0.29) is 0 Å². The minimum Gasteiger partial charge on any atom is -0.372 e. The zero-order valence-electron chi connectivity index (χ0n) is 12.3. The first-order valence-electron chi connectivity index (χ1n) is 7.06. The second-order valence-corrected chi connectivity index (χ2v) is 4.30. The number of hydrogen-bond donors (Lipinski definition) is 2. The topological polar surface area (TPSA) is 39.7 Å². The first kappa shape index (κ1) is 15.3. The fourth-order valence-corrected chi connectivity index (χ4v) is 1.97. The Balaban J connectivity index is 2.31. The predicted octanol–water partition coefficient (Wildman–Crippen LogP) is 2.09. The Hall–Kier alpha value is -1.71. The molecule has 1 aromatic carbocycles. The Labute approximate surface area is 116 Å². The molecule has 0 radical (unpaired) electrons. The van der Waals surface area contributed by atoms with E-state index in [1.165, 1.54) is 5.69 Å². The molecule has 19 heavy (non-hydrogen) atoms. The Bertz CT molecular complexity index is 362. The van der Waals surface area contributed by atoms with Gasteiger partial charge in [0.15, 0.2) is 5.96 Å². The number of benzene rings is 1. The molecule has 0 heterocycles. The third kappa shape index (κ3) is 5.64. The normalized spacial score (nSPS) is 11.2. The van der Waals surface area contributed by atoms with E-state index in [1.54, 1.807) is 7.05 Å². The van der Waals surface area contributed by atoms with Crippen LogP contribution in [-0.4, -0.2) is 39.2 Å². The average molecular weight is 262 g/mol. The van der Waals surface area contributed by atoms with Crippen LogP contribution < -0.4 is 15.5 Å². The van der Waals surface area contributed by atoms with Gasteiger partial charge < -0.3 is 15.5 Å². The van der Waals surface area contributed by atoms with Crippen molar-refractivity contribution in [1.29, 1.82) is 0 Å². The molecule has 0 fully saturated rings. The molecule has 4 nitrogen and oxygen atoms in total. The van der Waals surface area contributed by atoms with E-state index in [1.807, 2.05) is 0 Å². The van der Waals surface area contributed by atoms with Crippen molar-refractivity contribution in [2.75, 3.05) is 38.1 Å². The molecule has 0 aliphatic heterocycles. The summed E-state index contributed by atoms with van der Waals surface area (Å²) in [7, 11) is 1.80. The van der Waals surface area contributed by atoms with Crippen LogP contribution >= 0.6 is 0 Å². The van der Waals surface area contributed by atoms with Crippen LogP contribution in [0.5, 0.6) is 0 Å². The maximum absolute atomic E-state index is 4.15. The molecular formula is C15H26N4. The Morgan fingerprint density at radius 2 is 1.89 bits per heavy atom. The van der Waals surface area contributed by atoms with E-state index in [4.69, 9.17) is 0 Å². The van der Waals surface area contributed by atoms with Gasteiger partial charge >= 0.3 is 0 Å². The molecule has 0 aromatic heterocycles. The molecule has 1 aromatic rings. The van der Waals surface area contributed by atoms with Gasteiger partial charge in [0.1, 0.15) is 0 Å². The highest BCUT2D eigenvalue weighted by molar-refractivity contribution is 5.79. The number of guanidine groups is 1. The molecule has 0 spiro atoms. The fraction of sp³-hybridized carbons (Fsp3) is 0.533.